The second-order valence-corrected chi connectivity index (χ2v) is 4.93. The number of Topliss-reactive ketones (excluding diaryl/α,β-unsaturated/α-hetero) is 1. The Morgan fingerprint density at radius 3 is 2.74 bits per heavy atom. The highest BCUT2D eigenvalue weighted by Gasteiger charge is 2.22. The minimum atomic E-state index is -0.545. The van der Waals surface area contributed by atoms with Crippen molar-refractivity contribution in [1.29, 1.82) is 0 Å². The largest absolute Gasteiger partial charge is 0.477 e. The van der Waals surface area contributed by atoms with Crippen molar-refractivity contribution in [2.45, 2.75) is 26.7 Å². The topological polar surface area (TPSA) is 78.7 Å². The molecule has 0 spiro atoms. The summed E-state index contributed by atoms with van der Waals surface area (Å²) in [5, 5.41) is 11.0. The maximum absolute atomic E-state index is 11.2. The molecule has 0 amide bonds. The van der Waals surface area contributed by atoms with Crippen LogP contribution in [-0.4, -0.2) is 30.5 Å². The molecule has 1 aromatic heterocycles. The molecule has 106 valence electrons. The van der Waals surface area contributed by atoms with Crippen LogP contribution in [0.15, 0.2) is 6.07 Å². The average molecular weight is 287 g/mol. The van der Waals surface area contributed by atoms with Gasteiger partial charge >= 0.3 is 5.69 Å². The second-order valence-electron chi connectivity index (χ2n) is 3.91. The highest BCUT2D eigenvalue weighted by molar-refractivity contribution is 7.16. The van der Waals surface area contributed by atoms with Gasteiger partial charge in [-0.25, -0.2) is 0 Å². The summed E-state index contributed by atoms with van der Waals surface area (Å²) in [5.41, 5.74) is -0.163. The van der Waals surface area contributed by atoms with Crippen LogP contribution in [0.25, 0.3) is 0 Å². The zero-order chi connectivity index (χ0) is 14.3. The summed E-state index contributed by atoms with van der Waals surface area (Å²) in [5.74, 6) is -0.206. The molecular weight excluding hydrogens is 270 g/mol. The van der Waals surface area contributed by atoms with Crippen LogP contribution in [0.4, 0.5) is 5.69 Å². The molecule has 0 unspecified atom stereocenters. The van der Waals surface area contributed by atoms with E-state index in [2.05, 4.69) is 6.92 Å². The maximum Gasteiger partial charge on any atom is 0.323 e. The molecule has 0 radical (unpaired) electrons. The molecule has 0 N–H and O–H groups in total. The Kier molecular flexibility index (Phi) is 6.44. The predicted octanol–water partition coefficient (Wildman–Crippen LogP) is 3.05. The molecule has 0 aliphatic heterocycles. The smallest absolute Gasteiger partial charge is 0.323 e. The molecular formula is C12H17NO5S. The van der Waals surface area contributed by atoms with Crippen LogP contribution >= 0.6 is 11.3 Å². The minimum Gasteiger partial charge on any atom is -0.477 e. The summed E-state index contributed by atoms with van der Waals surface area (Å²) >= 11 is 0.995. The van der Waals surface area contributed by atoms with Crippen molar-refractivity contribution < 1.29 is 19.2 Å². The van der Waals surface area contributed by atoms with E-state index in [-0.39, 0.29) is 23.1 Å². The molecule has 19 heavy (non-hydrogen) atoms. The number of ether oxygens (including phenoxy) is 2. The monoisotopic (exact) mass is 287 g/mol. The SMILES string of the molecule is CCCCOCCOc1sc(C(C)=O)cc1[N+](=O)[O-]. The molecule has 0 atom stereocenters. The highest BCUT2D eigenvalue weighted by Crippen LogP contribution is 2.36. The van der Waals surface area contributed by atoms with Gasteiger partial charge in [-0.05, 0) is 13.3 Å². The Bertz CT molecular complexity index is 443. The summed E-state index contributed by atoms with van der Waals surface area (Å²) in [4.78, 5) is 21.8. The van der Waals surface area contributed by atoms with Gasteiger partial charge in [0, 0.05) is 12.7 Å². The van der Waals surface area contributed by atoms with Crippen molar-refractivity contribution in [1.82, 2.24) is 0 Å². The average Bonchev–Trinajstić information content (AvgIpc) is 2.78. The van der Waals surface area contributed by atoms with Gasteiger partial charge in [-0.2, -0.15) is 0 Å². The normalized spacial score (nSPS) is 10.4. The van der Waals surface area contributed by atoms with Crippen LogP contribution in [0, 0.1) is 10.1 Å². The van der Waals surface area contributed by atoms with E-state index in [1.165, 1.54) is 13.0 Å². The van der Waals surface area contributed by atoms with Gasteiger partial charge in [-0.3, -0.25) is 14.9 Å². The Labute approximate surface area is 115 Å². The summed E-state index contributed by atoms with van der Waals surface area (Å²) in [6.45, 7) is 4.71. The lowest BCUT2D eigenvalue weighted by atomic mass is 10.3. The fourth-order valence-electron chi connectivity index (χ4n) is 1.31. The van der Waals surface area contributed by atoms with Crippen molar-refractivity contribution in [2.24, 2.45) is 0 Å². The first-order valence-electron chi connectivity index (χ1n) is 6.06. The minimum absolute atomic E-state index is 0.161. The van der Waals surface area contributed by atoms with E-state index in [1.54, 1.807) is 0 Å². The van der Waals surface area contributed by atoms with Crippen LogP contribution in [-0.2, 0) is 4.74 Å². The summed E-state index contributed by atoms with van der Waals surface area (Å²) in [6, 6.07) is 1.25. The zero-order valence-corrected chi connectivity index (χ0v) is 11.8. The standard InChI is InChI=1S/C12H17NO5S/c1-3-4-5-17-6-7-18-12-10(13(15)16)8-11(19-12)9(2)14/h8H,3-7H2,1-2H3. The van der Waals surface area contributed by atoms with Gasteiger partial charge in [0.1, 0.15) is 6.61 Å². The second kappa shape index (κ2) is 7.85. The molecule has 0 bridgehead atoms. The van der Waals surface area contributed by atoms with Gasteiger partial charge in [0.2, 0.25) is 0 Å². The molecule has 0 saturated carbocycles. The number of ketones is 1. The number of carbonyl (C=O) groups is 1. The van der Waals surface area contributed by atoms with Crippen LogP contribution in [0.5, 0.6) is 5.06 Å². The summed E-state index contributed by atoms with van der Waals surface area (Å²) < 4.78 is 10.6. The summed E-state index contributed by atoms with van der Waals surface area (Å²) in [6.07, 6.45) is 2.03. The molecule has 0 aliphatic rings. The first-order chi connectivity index (χ1) is 9.06. The molecule has 7 heteroatoms. The fourth-order valence-corrected chi connectivity index (χ4v) is 2.20. The third-order valence-electron chi connectivity index (χ3n) is 2.33. The maximum atomic E-state index is 11.2. The lowest BCUT2D eigenvalue weighted by Gasteiger charge is -2.04. The number of thiophene rings is 1. The third kappa shape index (κ3) is 4.96. The summed E-state index contributed by atoms with van der Waals surface area (Å²) in [7, 11) is 0. The molecule has 1 heterocycles. The molecule has 0 saturated heterocycles. The van der Waals surface area contributed by atoms with Gasteiger partial charge in [0.25, 0.3) is 5.06 Å². The fraction of sp³-hybridized carbons (Fsp3) is 0.583. The Morgan fingerprint density at radius 1 is 1.42 bits per heavy atom. The van der Waals surface area contributed by atoms with Gasteiger partial charge in [0.05, 0.1) is 16.4 Å². The van der Waals surface area contributed by atoms with E-state index in [9.17, 15) is 14.9 Å². The van der Waals surface area contributed by atoms with E-state index >= 15 is 0 Å². The Hall–Kier alpha value is -1.47. The lowest BCUT2D eigenvalue weighted by Crippen LogP contribution is -2.07. The van der Waals surface area contributed by atoms with Crippen molar-refractivity contribution in [2.75, 3.05) is 19.8 Å². The van der Waals surface area contributed by atoms with E-state index in [4.69, 9.17) is 9.47 Å². The number of carbonyl (C=O) groups excluding carboxylic acids is 1. The lowest BCUT2D eigenvalue weighted by molar-refractivity contribution is -0.385. The molecule has 1 rings (SSSR count). The first-order valence-corrected chi connectivity index (χ1v) is 6.87. The first kappa shape index (κ1) is 15.6. The van der Waals surface area contributed by atoms with E-state index in [1.807, 2.05) is 0 Å². The van der Waals surface area contributed by atoms with Gasteiger partial charge < -0.3 is 9.47 Å². The van der Waals surface area contributed by atoms with Crippen LogP contribution in [0.3, 0.4) is 0 Å². The van der Waals surface area contributed by atoms with Gasteiger partial charge in [0.15, 0.2) is 5.78 Å². The third-order valence-corrected chi connectivity index (χ3v) is 3.46. The van der Waals surface area contributed by atoms with Crippen molar-refractivity contribution in [3.05, 3.63) is 21.1 Å². The Balaban J connectivity index is 2.52. The Morgan fingerprint density at radius 2 is 2.16 bits per heavy atom. The van der Waals surface area contributed by atoms with E-state index in [0.29, 0.717) is 18.1 Å². The van der Waals surface area contributed by atoms with Crippen molar-refractivity contribution in [3.8, 4) is 5.06 Å². The van der Waals surface area contributed by atoms with Gasteiger partial charge in [-0.1, -0.05) is 24.7 Å². The zero-order valence-electron chi connectivity index (χ0n) is 11.0. The van der Waals surface area contributed by atoms with Crippen molar-refractivity contribution >= 4 is 22.8 Å². The molecule has 0 aliphatic carbocycles. The molecule has 0 aromatic carbocycles. The van der Waals surface area contributed by atoms with Crippen LogP contribution < -0.4 is 4.74 Å². The van der Waals surface area contributed by atoms with Crippen molar-refractivity contribution in [3.63, 3.8) is 0 Å². The molecule has 1 aromatic rings. The number of hydrogen-bond acceptors (Lipinski definition) is 6. The number of nitro groups is 1. The number of rotatable bonds is 9. The molecule has 0 fully saturated rings. The van der Waals surface area contributed by atoms with Crippen LogP contribution in [0.2, 0.25) is 0 Å². The predicted molar refractivity (Wildman–Crippen MR) is 72.2 cm³/mol. The quantitative estimate of drug-likeness (QED) is 0.302. The number of hydrogen-bond donors (Lipinski definition) is 0. The van der Waals surface area contributed by atoms with E-state index < -0.39 is 4.92 Å². The van der Waals surface area contributed by atoms with Crippen LogP contribution in [0.1, 0.15) is 36.4 Å². The van der Waals surface area contributed by atoms with Gasteiger partial charge in [-0.15, -0.1) is 0 Å². The number of unbranched alkanes of at least 4 members (excludes halogenated alkanes) is 1. The molecule has 6 nitrogen and oxygen atoms in total. The van der Waals surface area contributed by atoms with E-state index in [0.717, 1.165) is 24.2 Å². The highest BCUT2D eigenvalue weighted by atomic mass is 32.1. The number of nitrogens with zero attached hydrogens (tertiary/aromatic N) is 1.